The Morgan fingerprint density at radius 3 is 2.81 bits per heavy atom. The van der Waals surface area contributed by atoms with Gasteiger partial charge in [0.2, 0.25) is 5.91 Å². The first-order valence-electron chi connectivity index (χ1n) is 11.3. The molecule has 2 aromatic carbocycles. The van der Waals surface area contributed by atoms with E-state index in [1.54, 1.807) is 0 Å². The smallest absolute Gasteiger partial charge is 0.317 e. The van der Waals surface area contributed by atoms with Crippen molar-refractivity contribution >= 4 is 23.5 Å². The van der Waals surface area contributed by atoms with Crippen molar-refractivity contribution in [2.75, 3.05) is 19.6 Å². The molecule has 1 N–H and O–H groups in total. The zero-order chi connectivity index (χ0) is 21.4. The highest BCUT2D eigenvalue weighted by molar-refractivity contribution is 6.30. The molecule has 2 aromatic rings. The average molecular weight is 438 g/mol. The maximum absolute atomic E-state index is 13.4. The molecule has 3 atom stereocenters. The Morgan fingerprint density at radius 2 is 1.97 bits per heavy atom. The molecule has 0 saturated carbocycles. The van der Waals surface area contributed by atoms with Crippen LogP contribution in [-0.2, 0) is 17.6 Å². The van der Waals surface area contributed by atoms with Crippen LogP contribution in [0.2, 0.25) is 5.02 Å². The zero-order valence-corrected chi connectivity index (χ0v) is 18.4. The molecular formula is C25H28ClN3O2. The first-order valence-corrected chi connectivity index (χ1v) is 11.7. The van der Waals surface area contributed by atoms with Crippen molar-refractivity contribution in [3.8, 4) is 0 Å². The van der Waals surface area contributed by atoms with E-state index in [1.165, 1.54) is 16.7 Å². The number of benzene rings is 2. The van der Waals surface area contributed by atoms with Crippen molar-refractivity contribution in [3.05, 3.63) is 70.2 Å². The van der Waals surface area contributed by atoms with E-state index < -0.39 is 0 Å². The summed E-state index contributed by atoms with van der Waals surface area (Å²) >= 11 is 6.21. The van der Waals surface area contributed by atoms with E-state index >= 15 is 0 Å². The number of nitrogens with zero attached hydrogens (tertiary/aromatic N) is 2. The van der Waals surface area contributed by atoms with Gasteiger partial charge in [-0.2, -0.15) is 0 Å². The third-order valence-corrected chi connectivity index (χ3v) is 7.33. The van der Waals surface area contributed by atoms with Gasteiger partial charge in [-0.3, -0.25) is 4.79 Å². The molecular weight excluding hydrogens is 410 g/mol. The standard InChI is InChI=1S/C25H28ClN3O2/c26-19-8-9-20-18(15-19)11-14-28-22(20)16-23-21(24(28)30)7-4-13-29(23)25(31)27-12-10-17-5-2-1-3-6-17/h1-3,5-6,8-9,15,21-23H,4,7,10-14,16H2,(H,27,31)/t21-,22+,23-/m1/s1. The molecule has 0 aromatic heterocycles. The van der Waals surface area contributed by atoms with Crippen molar-refractivity contribution in [2.24, 2.45) is 5.92 Å². The number of halogens is 1. The summed E-state index contributed by atoms with van der Waals surface area (Å²) in [6.45, 7) is 2.05. The Labute approximate surface area is 188 Å². The number of amides is 3. The number of likely N-dealkylation sites (tertiary alicyclic amines) is 1. The van der Waals surface area contributed by atoms with Crippen LogP contribution in [0.1, 0.15) is 42.0 Å². The fraction of sp³-hybridized carbons (Fsp3) is 0.440. The van der Waals surface area contributed by atoms with E-state index in [1.807, 2.05) is 40.1 Å². The largest absolute Gasteiger partial charge is 0.338 e. The lowest BCUT2D eigenvalue weighted by atomic mass is 9.76. The molecule has 0 bridgehead atoms. The van der Waals surface area contributed by atoms with Crippen LogP contribution < -0.4 is 5.32 Å². The number of rotatable bonds is 3. The molecule has 0 unspecified atom stereocenters. The first-order chi connectivity index (χ1) is 15.1. The molecule has 0 radical (unpaired) electrons. The minimum absolute atomic E-state index is 0.0347. The van der Waals surface area contributed by atoms with Crippen LogP contribution in [0.3, 0.4) is 0 Å². The topological polar surface area (TPSA) is 52.7 Å². The van der Waals surface area contributed by atoms with Crippen molar-refractivity contribution in [1.82, 2.24) is 15.1 Å². The van der Waals surface area contributed by atoms with E-state index in [-0.39, 0.29) is 29.9 Å². The second-order valence-corrected chi connectivity index (χ2v) is 9.29. The average Bonchev–Trinajstić information content (AvgIpc) is 2.79. The summed E-state index contributed by atoms with van der Waals surface area (Å²) in [4.78, 5) is 30.4. The molecule has 0 aliphatic carbocycles. The van der Waals surface area contributed by atoms with Crippen molar-refractivity contribution < 1.29 is 9.59 Å². The van der Waals surface area contributed by atoms with Gasteiger partial charge in [0.05, 0.1) is 12.0 Å². The lowest BCUT2D eigenvalue weighted by molar-refractivity contribution is -0.148. The van der Waals surface area contributed by atoms with Crippen molar-refractivity contribution in [2.45, 2.75) is 44.2 Å². The van der Waals surface area contributed by atoms with Crippen molar-refractivity contribution in [1.29, 1.82) is 0 Å². The highest BCUT2D eigenvalue weighted by Crippen LogP contribution is 2.44. The zero-order valence-electron chi connectivity index (χ0n) is 17.6. The molecule has 3 aliphatic rings. The number of hydrogen-bond donors (Lipinski definition) is 1. The third-order valence-electron chi connectivity index (χ3n) is 7.10. The molecule has 0 spiro atoms. The van der Waals surface area contributed by atoms with Gasteiger partial charge < -0.3 is 15.1 Å². The fourth-order valence-corrected chi connectivity index (χ4v) is 5.78. The molecule has 2 fully saturated rings. The Bertz CT molecular complexity index is 980. The predicted octanol–water partition coefficient (Wildman–Crippen LogP) is 4.20. The van der Waals surface area contributed by atoms with Gasteiger partial charge in [0.15, 0.2) is 0 Å². The summed E-state index contributed by atoms with van der Waals surface area (Å²) in [5.74, 6) is 0.127. The van der Waals surface area contributed by atoms with Gasteiger partial charge in [-0.25, -0.2) is 4.79 Å². The Morgan fingerprint density at radius 1 is 1.13 bits per heavy atom. The third kappa shape index (κ3) is 3.91. The summed E-state index contributed by atoms with van der Waals surface area (Å²) in [6, 6.07) is 16.1. The van der Waals surface area contributed by atoms with Crippen LogP contribution in [0.5, 0.6) is 0 Å². The molecule has 6 heteroatoms. The normalized spacial score (nSPS) is 24.8. The number of fused-ring (bicyclic) bond motifs is 4. The number of piperidine rings is 2. The van der Waals surface area contributed by atoms with Gasteiger partial charge in [0.1, 0.15) is 0 Å². The fourth-order valence-electron chi connectivity index (χ4n) is 5.59. The quantitative estimate of drug-likeness (QED) is 0.782. The number of urea groups is 1. The minimum Gasteiger partial charge on any atom is -0.338 e. The molecule has 3 aliphatic heterocycles. The van der Waals surface area contributed by atoms with Crippen molar-refractivity contribution in [3.63, 3.8) is 0 Å². The Kier molecular flexibility index (Phi) is 5.61. The van der Waals surface area contributed by atoms with Gasteiger partial charge in [0, 0.05) is 30.7 Å². The SMILES string of the molecule is O=C(NCCc1ccccc1)N1CCC[C@H]2C(=O)N3CCc4cc(Cl)ccc4[C@@H]3C[C@H]21. The van der Waals surface area contributed by atoms with Crippen LogP contribution in [0, 0.1) is 5.92 Å². The highest BCUT2D eigenvalue weighted by Gasteiger charge is 2.48. The highest BCUT2D eigenvalue weighted by atomic mass is 35.5. The van der Waals surface area contributed by atoms with E-state index in [0.29, 0.717) is 13.1 Å². The predicted molar refractivity (Wildman–Crippen MR) is 121 cm³/mol. The van der Waals surface area contributed by atoms with Crippen LogP contribution in [-0.4, -0.2) is 47.4 Å². The van der Waals surface area contributed by atoms with Gasteiger partial charge >= 0.3 is 6.03 Å². The Balaban J connectivity index is 1.31. The second-order valence-electron chi connectivity index (χ2n) is 8.85. The molecule has 31 heavy (non-hydrogen) atoms. The summed E-state index contributed by atoms with van der Waals surface area (Å²) in [6.07, 6.45) is 4.20. The van der Waals surface area contributed by atoms with E-state index in [9.17, 15) is 9.59 Å². The second kappa shape index (κ2) is 8.54. The first kappa shape index (κ1) is 20.4. The van der Waals surface area contributed by atoms with Gasteiger partial charge in [-0.15, -0.1) is 0 Å². The monoisotopic (exact) mass is 437 g/mol. The number of nitrogens with one attached hydrogen (secondary N) is 1. The molecule has 2 saturated heterocycles. The molecule has 3 amide bonds. The summed E-state index contributed by atoms with van der Waals surface area (Å²) < 4.78 is 0. The summed E-state index contributed by atoms with van der Waals surface area (Å²) in [7, 11) is 0. The summed E-state index contributed by atoms with van der Waals surface area (Å²) in [5, 5.41) is 3.83. The summed E-state index contributed by atoms with van der Waals surface area (Å²) in [5.41, 5.74) is 3.63. The van der Waals surface area contributed by atoms with E-state index in [4.69, 9.17) is 11.6 Å². The van der Waals surface area contributed by atoms with Crippen LogP contribution in [0.25, 0.3) is 0 Å². The molecule has 162 valence electrons. The van der Waals surface area contributed by atoms with Gasteiger partial charge in [-0.1, -0.05) is 48.0 Å². The lowest BCUT2D eigenvalue weighted by Gasteiger charge is -2.51. The maximum Gasteiger partial charge on any atom is 0.317 e. The van der Waals surface area contributed by atoms with Crippen LogP contribution >= 0.6 is 11.6 Å². The minimum atomic E-state index is -0.0845. The lowest BCUT2D eigenvalue weighted by Crippen LogP contribution is -2.61. The van der Waals surface area contributed by atoms with Crippen LogP contribution in [0.4, 0.5) is 4.79 Å². The number of carbonyl (C=O) groups excluding carboxylic acids is 2. The van der Waals surface area contributed by atoms with Gasteiger partial charge in [-0.05, 0) is 60.9 Å². The number of carbonyl (C=O) groups is 2. The van der Waals surface area contributed by atoms with Gasteiger partial charge in [0.25, 0.3) is 0 Å². The number of hydrogen-bond acceptors (Lipinski definition) is 2. The Hall–Kier alpha value is -2.53. The molecule has 5 nitrogen and oxygen atoms in total. The van der Waals surface area contributed by atoms with Crippen LogP contribution in [0.15, 0.2) is 48.5 Å². The molecule has 5 rings (SSSR count). The van der Waals surface area contributed by atoms with E-state index in [2.05, 4.69) is 23.5 Å². The molecule has 3 heterocycles. The maximum atomic E-state index is 13.4. The van der Waals surface area contributed by atoms with E-state index in [0.717, 1.165) is 43.7 Å².